The number of hydrogen-bond acceptors (Lipinski definition) is 3. The number of hydrogen-bond donors (Lipinski definition) is 1. The van der Waals surface area contributed by atoms with Gasteiger partial charge in [0, 0.05) is 6.54 Å². The molecule has 0 spiro atoms. The van der Waals surface area contributed by atoms with Crippen LogP contribution in [0.4, 0.5) is 10.5 Å². The molecule has 1 saturated heterocycles. The summed E-state index contributed by atoms with van der Waals surface area (Å²) in [5, 5.41) is 3.29. The zero-order chi connectivity index (χ0) is 13.8. The minimum Gasteiger partial charge on any atom is -0.449 e. The summed E-state index contributed by atoms with van der Waals surface area (Å²) in [6, 6.07) is 4.93. The second kappa shape index (κ2) is 6.12. The fraction of sp³-hybridized carbons (Fsp3) is 0.333. The van der Waals surface area contributed by atoms with Crippen molar-refractivity contribution in [3.05, 3.63) is 28.2 Å². The van der Waals surface area contributed by atoms with Crippen LogP contribution in [0.25, 0.3) is 0 Å². The number of ether oxygens (including phenoxy) is 1. The molecule has 0 saturated carbocycles. The fourth-order valence-electron chi connectivity index (χ4n) is 1.71. The zero-order valence-electron chi connectivity index (χ0n) is 9.99. The number of amides is 2. The molecule has 1 N–H and O–H groups in total. The van der Waals surface area contributed by atoms with Gasteiger partial charge in [0.15, 0.2) is 0 Å². The lowest BCUT2D eigenvalue weighted by atomic mass is 10.3. The zero-order valence-corrected chi connectivity index (χ0v) is 11.5. The number of nitrogens with zero attached hydrogens (tertiary/aromatic N) is 1. The van der Waals surface area contributed by atoms with Crippen LogP contribution in [0.2, 0.25) is 10.0 Å². The van der Waals surface area contributed by atoms with Gasteiger partial charge in [0.2, 0.25) is 5.91 Å². The van der Waals surface area contributed by atoms with E-state index in [0.717, 1.165) is 0 Å². The van der Waals surface area contributed by atoms with Crippen molar-refractivity contribution in [2.45, 2.75) is 6.42 Å². The second-order valence-electron chi connectivity index (χ2n) is 4.03. The SMILES string of the molecule is O=C(CN1CCCOC1=O)Nc1c(Cl)cccc1Cl. The van der Waals surface area contributed by atoms with Crippen molar-refractivity contribution in [1.82, 2.24) is 4.90 Å². The summed E-state index contributed by atoms with van der Waals surface area (Å²) < 4.78 is 4.84. The molecule has 1 aliphatic rings. The highest BCUT2D eigenvalue weighted by atomic mass is 35.5. The largest absolute Gasteiger partial charge is 0.449 e. The smallest absolute Gasteiger partial charge is 0.410 e. The van der Waals surface area contributed by atoms with Crippen LogP contribution < -0.4 is 5.32 Å². The molecule has 2 amide bonds. The Morgan fingerprint density at radius 1 is 1.37 bits per heavy atom. The minimum atomic E-state index is -0.480. The molecule has 2 rings (SSSR count). The van der Waals surface area contributed by atoms with Gasteiger partial charge in [-0.05, 0) is 18.6 Å². The lowest BCUT2D eigenvalue weighted by Gasteiger charge is -2.25. The molecule has 0 radical (unpaired) electrons. The molecule has 1 heterocycles. The second-order valence-corrected chi connectivity index (χ2v) is 4.85. The Balaban J connectivity index is 1.99. The van der Waals surface area contributed by atoms with E-state index in [1.165, 1.54) is 4.90 Å². The Kier molecular flexibility index (Phi) is 4.50. The van der Waals surface area contributed by atoms with Crippen LogP contribution in [0, 0.1) is 0 Å². The van der Waals surface area contributed by atoms with Gasteiger partial charge in [-0.3, -0.25) is 9.69 Å². The third-order valence-electron chi connectivity index (χ3n) is 2.62. The number of halogens is 2. The van der Waals surface area contributed by atoms with Crippen molar-refractivity contribution in [3.63, 3.8) is 0 Å². The van der Waals surface area contributed by atoms with Crippen LogP contribution >= 0.6 is 23.2 Å². The molecule has 1 fully saturated rings. The first kappa shape index (κ1) is 14.0. The monoisotopic (exact) mass is 302 g/mol. The van der Waals surface area contributed by atoms with E-state index in [1.807, 2.05) is 0 Å². The van der Waals surface area contributed by atoms with Crippen LogP contribution in [-0.4, -0.2) is 36.6 Å². The topological polar surface area (TPSA) is 58.6 Å². The molecular weight excluding hydrogens is 291 g/mol. The fourth-order valence-corrected chi connectivity index (χ4v) is 2.20. The lowest BCUT2D eigenvalue weighted by molar-refractivity contribution is -0.117. The summed E-state index contributed by atoms with van der Waals surface area (Å²) in [4.78, 5) is 24.6. The van der Waals surface area contributed by atoms with Gasteiger partial charge in [0.1, 0.15) is 6.54 Å². The summed E-state index contributed by atoms with van der Waals surface area (Å²) in [5.41, 5.74) is 0.348. The van der Waals surface area contributed by atoms with E-state index in [0.29, 0.717) is 35.3 Å². The van der Waals surface area contributed by atoms with Crippen LogP contribution in [0.15, 0.2) is 18.2 Å². The first-order valence-corrected chi connectivity index (χ1v) is 6.49. The standard InChI is InChI=1S/C12H12Cl2N2O3/c13-8-3-1-4-9(14)11(8)15-10(17)7-16-5-2-6-19-12(16)18/h1,3-4H,2,5-7H2,(H,15,17). The number of benzene rings is 1. The van der Waals surface area contributed by atoms with E-state index in [-0.39, 0.29) is 12.5 Å². The third kappa shape index (κ3) is 3.52. The number of nitrogens with one attached hydrogen (secondary N) is 1. The highest BCUT2D eigenvalue weighted by Gasteiger charge is 2.22. The maximum atomic E-state index is 11.9. The maximum absolute atomic E-state index is 11.9. The normalized spacial score (nSPS) is 15.1. The van der Waals surface area contributed by atoms with Crippen LogP contribution in [0.1, 0.15) is 6.42 Å². The average molecular weight is 303 g/mol. The van der Waals surface area contributed by atoms with Crippen LogP contribution in [-0.2, 0) is 9.53 Å². The van der Waals surface area contributed by atoms with Crippen molar-refractivity contribution >= 4 is 40.9 Å². The molecule has 0 atom stereocenters. The minimum absolute atomic E-state index is 0.0830. The van der Waals surface area contributed by atoms with Gasteiger partial charge in [-0.1, -0.05) is 29.3 Å². The van der Waals surface area contributed by atoms with Gasteiger partial charge < -0.3 is 10.1 Å². The van der Waals surface area contributed by atoms with Crippen LogP contribution in [0.3, 0.4) is 0 Å². The number of rotatable bonds is 3. The van der Waals surface area contributed by atoms with E-state index in [9.17, 15) is 9.59 Å². The number of anilines is 1. The van der Waals surface area contributed by atoms with Crippen LogP contribution in [0.5, 0.6) is 0 Å². The Labute approximate surface area is 120 Å². The van der Waals surface area contributed by atoms with E-state index >= 15 is 0 Å². The Morgan fingerprint density at radius 3 is 2.68 bits per heavy atom. The third-order valence-corrected chi connectivity index (χ3v) is 3.25. The number of carbonyl (C=O) groups excluding carboxylic acids is 2. The van der Waals surface area contributed by atoms with Gasteiger partial charge in [-0.2, -0.15) is 0 Å². The highest BCUT2D eigenvalue weighted by Crippen LogP contribution is 2.29. The van der Waals surface area contributed by atoms with E-state index in [1.54, 1.807) is 18.2 Å². The summed E-state index contributed by atoms with van der Waals surface area (Å²) in [5.74, 6) is -0.367. The summed E-state index contributed by atoms with van der Waals surface area (Å²) in [7, 11) is 0. The summed E-state index contributed by atoms with van der Waals surface area (Å²) >= 11 is 11.9. The molecule has 1 aliphatic heterocycles. The average Bonchev–Trinajstić information content (AvgIpc) is 2.37. The molecule has 0 unspecified atom stereocenters. The highest BCUT2D eigenvalue weighted by molar-refractivity contribution is 6.39. The number of cyclic esters (lactones) is 1. The molecule has 1 aromatic rings. The van der Waals surface area contributed by atoms with Gasteiger partial charge in [0.05, 0.1) is 22.3 Å². The molecule has 7 heteroatoms. The Morgan fingerprint density at radius 2 is 2.05 bits per heavy atom. The number of carbonyl (C=O) groups is 2. The van der Waals surface area contributed by atoms with Crippen molar-refractivity contribution in [1.29, 1.82) is 0 Å². The van der Waals surface area contributed by atoms with Crippen molar-refractivity contribution in [2.24, 2.45) is 0 Å². The van der Waals surface area contributed by atoms with E-state index in [2.05, 4.69) is 5.32 Å². The number of para-hydroxylation sites is 1. The first-order valence-electron chi connectivity index (χ1n) is 5.73. The predicted octanol–water partition coefficient (Wildman–Crippen LogP) is 2.77. The van der Waals surface area contributed by atoms with E-state index < -0.39 is 6.09 Å². The molecule has 5 nitrogen and oxygen atoms in total. The van der Waals surface area contributed by atoms with E-state index in [4.69, 9.17) is 27.9 Å². The van der Waals surface area contributed by atoms with Gasteiger partial charge in [-0.25, -0.2) is 4.79 Å². The Hall–Kier alpha value is -1.46. The Bertz CT molecular complexity index is 487. The molecule has 0 aliphatic carbocycles. The molecule has 19 heavy (non-hydrogen) atoms. The van der Waals surface area contributed by atoms with Gasteiger partial charge in [-0.15, -0.1) is 0 Å². The van der Waals surface area contributed by atoms with Gasteiger partial charge in [0.25, 0.3) is 0 Å². The van der Waals surface area contributed by atoms with Crippen molar-refractivity contribution in [3.8, 4) is 0 Å². The molecule has 102 valence electrons. The molecule has 0 bridgehead atoms. The first-order chi connectivity index (χ1) is 9.08. The summed E-state index contributed by atoms with van der Waals surface area (Å²) in [6.45, 7) is 0.816. The van der Waals surface area contributed by atoms with Gasteiger partial charge >= 0.3 is 6.09 Å². The molecular formula is C12H12Cl2N2O3. The lowest BCUT2D eigenvalue weighted by Crippen LogP contribution is -2.42. The maximum Gasteiger partial charge on any atom is 0.410 e. The molecule has 1 aromatic carbocycles. The molecule has 0 aromatic heterocycles. The quantitative estimate of drug-likeness (QED) is 0.934. The van der Waals surface area contributed by atoms with Crippen molar-refractivity contribution < 1.29 is 14.3 Å². The predicted molar refractivity (Wildman–Crippen MR) is 72.6 cm³/mol. The van der Waals surface area contributed by atoms with Crippen molar-refractivity contribution in [2.75, 3.05) is 25.0 Å². The summed E-state index contributed by atoms with van der Waals surface area (Å²) in [6.07, 6.45) is 0.234.